The summed E-state index contributed by atoms with van der Waals surface area (Å²) >= 11 is 12.1. The van der Waals surface area contributed by atoms with E-state index in [9.17, 15) is 9.50 Å². The van der Waals surface area contributed by atoms with Crippen molar-refractivity contribution in [2.24, 2.45) is 0 Å². The van der Waals surface area contributed by atoms with Crippen LogP contribution in [0.3, 0.4) is 0 Å². The van der Waals surface area contributed by atoms with Gasteiger partial charge in [-0.15, -0.1) is 20.4 Å². The van der Waals surface area contributed by atoms with E-state index in [1.165, 1.54) is 23.4 Å². The summed E-state index contributed by atoms with van der Waals surface area (Å²) in [6, 6.07) is 52.4. The molecule has 0 bridgehead atoms. The number of aryl methyl sites for hydroxylation is 12. The predicted octanol–water partition coefficient (Wildman–Crippen LogP) is 21.7. The van der Waals surface area contributed by atoms with E-state index in [0.29, 0.717) is 64.2 Å². The molecule has 148 heavy (non-hydrogen) atoms. The van der Waals surface area contributed by atoms with E-state index in [2.05, 4.69) is 175 Å². The molecule has 8 aromatic carbocycles. The maximum Gasteiger partial charge on any atom is 0.231 e. The standard InChI is InChI=1S/C30H35N5O4.C29H33ClN4O3.C28H32ClN5O2.C28H32FN5O2/c1-6-37-23-8-9-24(26(16-23)36-5)35-20(3)28-19(2)31-32-30(29(28)21(35)4)34-13-11-33(12-14-34)17-22-7-10-25-27(15-22)39-18-38-25;1-6-37-23-11-12-24(25(17-23)36-5)34-19(3)26-18(2)31-32-28(27(26)20(34)4)33-15-13-29(35,14-16-33)21-7-9-22(30)10-8-21;2*1-6-36-23-11-12-24(25(17-23)35-5)34-19(3)26-18(2)30-31-28(27(26)20(34)4)33-15-13-32(14-16-33)22-9-7-21(29)8-10-22/h7-10,15-16H,6,11-14,17-18H2,1-5H3;7-12,17,35H,6,13-16H2,1-5H3;2*7-12,17H,6,13-16H2,1-5H3. The van der Waals surface area contributed by atoms with Gasteiger partial charge in [0, 0.05) is 232 Å². The molecule has 0 saturated carbocycles. The molecule has 0 atom stereocenters. The number of piperazine rings is 3. The summed E-state index contributed by atoms with van der Waals surface area (Å²) in [4.78, 5) is 16.4. The fraction of sp³-hybridized carbons (Fsp3) is 0.374. The predicted molar refractivity (Wildman–Crippen MR) is 587 cm³/mol. The molecule has 774 valence electrons. The molecule has 8 aromatic heterocycles. The number of rotatable bonds is 25. The number of anilines is 6. The Bertz CT molecular complexity index is 7300. The maximum atomic E-state index is 13.4. The Labute approximate surface area is 874 Å². The molecular formula is C115H132Cl2FN19O11. The van der Waals surface area contributed by atoms with Crippen molar-refractivity contribution in [3.8, 4) is 80.2 Å². The zero-order chi connectivity index (χ0) is 104. The van der Waals surface area contributed by atoms with Crippen molar-refractivity contribution in [2.45, 2.75) is 136 Å². The number of hydrogen-bond donors (Lipinski definition) is 1. The highest BCUT2D eigenvalue weighted by molar-refractivity contribution is 6.31. The Hall–Kier alpha value is -14.5. The van der Waals surface area contributed by atoms with Crippen molar-refractivity contribution < 1.29 is 56.9 Å². The first kappa shape index (κ1) is 103. The van der Waals surface area contributed by atoms with Gasteiger partial charge in [-0.2, -0.15) is 20.4 Å². The largest absolute Gasteiger partial charge is 0.494 e. The lowest BCUT2D eigenvalue weighted by Crippen LogP contribution is -2.47. The summed E-state index contributed by atoms with van der Waals surface area (Å²) in [5, 5.41) is 58.9. The highest BCUT2D eigenvalue weighted by atomic mass is 35.5. The summed E-state index contributed by atoms with van der Waals surface area (Å²) in [7, 11) is 6.76. The monoisotopic (exact) mass is 2040 g/mol. The smallest absolute Gasteiger partial charge is 0.231 e. The molecule has 0 unspecified atom stereocenters. The lowest BCUT2D eigenvalue weighted by Gasteiger charge is -2.39. The fourth-order valence-corrected chi connectivity index (χ4v) is 22.3. The summed E-state index contributed by atoms with van der Waals surface area (Å²) in [5.41, 5.74) is 19.8. The Kier molecular flexibility index (Phi) is 31.2. The molecule has 30 nitrogen and oxygen atoms in total. The van der Waals surface area contributed by atoms with Gasteiger partial charge < -0.3 is 100 Å². The molecule has 4 fully saturated rings. The zero-order valence-electron chi connectivity index (χ0n) is 88.3. The molecule has 0 aliphatic carbocycles. The average molecular weight is 2050 g/mol. The quantitative estimate of drug-likeness (QED) is 0.0557. The van der Waals surface area contributed by atoms with Crippen LogP contribution in [0.15, 0.2) is 164 Å². The fourth-order valence-electron chi connectivity index (χ4n) is 22.0. The minimum absolute atomic E-state index is 0.214. The van der Waals surface area contributed by atoms with Crippen LogP contribution >= 0.6 is 23.2 Å². The van der Waals surface area contributed by atoms with Gasteiger partial charge >= 0.3 is 0 Å². The third kappa shape index (κ3) is 20.5. The molecule has 1 N–H and O–H groups in total. The molecule has 5 aliphatic heterocycles. The Morgan fingerprint density at radius 2 is 0.601 bits per heavy atom. The number of nitrogens with zero attached hydrogens (tertiary/aromatic N) is 19. The number of methoxy groups -OCH3 is 4. The number of aliphatic hydroxyl groups is 1. The van der Waals surface area contributed by atoms with Crippen LogP contribution in [0.25, 0.3) is 65.8 Å². The Morgan fingerprint density at radius 3 is 0.919 bits per heavy atom. The van der Waals surface area contributed by atoms with Gasteiger partial charge in [-0.1, -0.05) is 41.4 Å². The molecule has 13 heterocycles. The second-order valence-electron chi connectivity index (χ2n) is 37.9. The first-order valence-electron chi connectivity index (χ1n) is 50.8. The average Bonchev–Trinajstić information content (AvgIpc) is 1.60. The van der Waals surface area contributed by atoms with Gasteiger partial charge in [0.25, 0.3) is 0 Å². The summed E-state index contributed by atoms with van der Waals surface area (Å²) in [5.74, 6) is 11.3. The third-order valence-electron chi connectivity index (χ3n) is 29.2. The van der Waals surface area contributed by atoms with Crippen LogP contribution in [-0.4, -0.2) is 222 Å². The second kappa shape index (κ2) is 44.6. The number of halogens is 3. The molecule has 0 amide bonds. The van der Waals surface area contributed by atoms with Gasteiger partial charge in [-0.05, 0) is 256 Å². The van der Waals surface area contributed by atoms with Crippen LogP contribution in [0.2, 0.25) is 10.0 Å². The van der Waals surface area contributed by atoms with E-state index in [1.54, 1.807) is 28.4 Å². The van der Waals surface area contributed by atoms with Crippen LogP contribution < -0.4 is 76.8 Å². The molecule has 5 aliphatic rings. The topological polar surface area (TPSA) is 258 Å². The lowest BCUT2D eigenvalue weighted by molar-refractivity contribution is 0.0117. The molecule has 21 rings (SSSR count). The van der Waals surface area contributed by atoms with E-state index < -0.39 is 5.60 Å². The van der Waals surface area contributed by atoms with Crippen LogP contribution in [0, 0.1) is 88.9 Å². The first-order chi connectivity index (χ1) is 71.6. The molecular weight excluding hydrogens is 1910 g/mol. The summed E-state index contributed by atoms with van der Waals surface area (Å²) < 4.78 is 79.2. The van der Waals surface area contributed by atoms with Crippen molar-refractivity contribution in [2.75, 3.05) is 183 Å². The molecule has 33 heteroatoms. The highest BCUT2D eigenvalue weighted by Gasteiger charge is 2.38. The van der Waals surface area contributed by atoms with Crippen LogP contribution in [-0.2, 0) is 12.1 Å². The molecule has 0 radical (unpaired) electrons. The van der Waals surface area contributed by atoms with E-state index >= 15 is 0 Å². The van der Waals surface area contributed by atoms with Crippen molar-refractivity contribution >= 4 is 101 Å². The van der Waals surface area contributed by atoms with Crippen molar-refractivity contribution in [3.63, 3.8) is 0 Å². The van der Waals surface area contributed by atoms with Gasteiger partial charge in [-0.25, -0.2) is 4.39 Å². The van der Waals surface area contributed by atoms with Gasteiger partial charge in [0.15, 0.2) is 34.8 Å². The molecule has 0 spiro atoms. The highest BCUT2D eigenvalue weighted by Crippen LogP contribution is 2.48. The number of fused-ring (bicyclic) bond motifs is 5. The van der Waals surface area contributed by atoms with Crippen molar-refractivity contribution in [1.82, 2.24) is 64.0 Å². The third-order valence-corrected chi connectivity index (χ3v) is 29.7. The van der Waals surface area contributed by atoms with Crippen LogP contribution in [0.1, 0.15) is 120 Å². The van der Waals surface area contributed by atoms with Crippen molar-refractivity contribution in [3.05, 3.63) is 259 Å². The SMILES string of the molecule is CCOc1ccc(-n2c(C)c3c(C)nnc(N4CCC(O)(c5ccc(Cl)cc5)CC4)c3c2C)c(OC)c1.CCOc1ccc(-n2c(C)c3c(C)nnc(N4CCN(Cc5ccc6c(c5)OCO6)CC4)c3c2C)c(OC)c1.CCOc1ccc(-n2c(C)c3c(C)nnc(N4CCN(c5ccc(Cl)cc5)CC4)c3c2C)c(OC)c1.CCOc1ccc(-n2c(C)c3c(C)nnc(N4CCN(c5ccc(F)cc5)CC4)c3c2C)c(OC)c1. The zero-order valence-corrected chi connectivity index (χ0v) is 89.8. The van der Waals surface area contributed by atoms with E-state index in [0.717, 1.165) is 316 Å². The maximum absolute atomic E-state index is 13.4. The van der Waals surface area contributed by atoms with Crippen molar-refractivity contribution in [1.29, 1.82) is 0 Å². The molecule has 16 aromatic rings. The van der Waals surface area contributed by atoms with Crippen LogP contribution in [0.5, 0.6) is 57.5 Å². The normalized spacial score (nSPS) is 14.6. The number of ether oxygens (including phenoxy) is 10. The first-order valence-corrected chi connectivity index (χ1v) is 51.6. The van der Waals surface area contributed by atoms with Crippen LogP contribution in [0.4, 0.5) is 39.0 Å². The van der Waals surface area contributed by atoms with Gasteiger partial charge in [0.2, 0.25) is 6.79 Å². The van der Waals surface area contributed by atoms with Gasteiger partial charge in [-0.3, -0.25) is 4.90 Å². The Morgan fingerprint density at radius 1 is 0.318 bits per heavy atom. The van der Waals surface area contributed by atoms with Gasteiger partial charge in [0.05, 0.1) is 106 Å². The Balaban J connectivity index is 0.000000129. The summed E-state index contributed by atoms with van der Waals surface area (Å²) in [6.07, 6.45) is 1.19. The second-order valence-corrected chi connectivity index (χ2v) is 38.8. The van der Waals surface area contributed by atoms with E-state index in [1.807, 2.05) is 171 Å². The number of piperidine rings is 1. The number of benzene rings is 8. The van der Waals surface area contributed by atoms with Gasteiger partial charge in [0.1, 0.15) is 51.8 Å². The number of hydrogen-bond acceptors (Lipinski definition) is 26. The minimum atomic E-state index is -0.884. The number of aromatic nitrogens is 12. The minimum Gasteiger partial charge on any atom is -0.494 e. The van der Waals surface area contributed by atoms with E-state index in [-0.39, 0.29) is 5.82 Å². The lowest BCUT2D eigenvalue weighted by atomic mass is 9.84. The molecule has 4 saturated heterocycles. The van der Waals surface area contributed by atoms with E-state index in [4.69, 9.17) is 80.8 Å². The summed E-state index contributed by atoms with van der Waals surface area (Å²) in [6.45, 7) is 48.4.